The molecule has 1 aromatic carbocycles. The molecule has 0 radical (unpaired) electrons. The molecule has 0 aromatic heterocycles. The second-order valence-electron chi connectivity index (χ2n) is 5.22. The van der Waals surface area contributed by atoms with Crippen LogP contribution < -0.4 is 11.1 Å². The molecule has 2 atom stereocenters. The van der Waals surface area contributed by atoms with E-state index in [-0.39, 0.29) is 17.6 Å². The van der Waals surface area contributed by atoms with Gasteiger partial charge in [0.2, 0.25) is 0 Å². The second kappa shape index (κ2) is 6.35. The van der Waals surface area contributed by atoms with Crippen molar-refractivity contribution in [2.24, 2.45) is 11.7 Å². The van der Waals surface area contributed by atoms with Gasteiger partial charge in [0, 0.05) is 16.2 Å². The summed E-state index contributed by atoms with van der Waals surface area (Å²) in [5.41, 5.74) is 5.24. The van der Waals surface area contributed by atoms with Crippen LogP contribution in [0.25, 0.3) is 0 Å². The SMILES string of the molecule is NCC1CCCCC1Nc1ccc(Br)cc1C(F)(F)F. The van der Waals surface area contributed by atoms with E-state index in [0.29, 0.717) is 11.0 Å². The largest absolute Gasteiger partial charge is 0.418 e. The van der Waals surface area contributed by atoms with Gasteiger partial charge in [0.15, 0.2) is 0 Å². The average molecular weight is 351 g/mol. The van der Waals surface area contributed by atoms with Gasteiger partial charge in [-0.05, 0) is 43.5 Å². The van der Waals surface area contributed by atoms with E-state index in [1.54, 1.807) is 6.07 Å². The maximum absolute atomic E-state index is 13.1. The topological polar surface area (TPSA) is 38.0 Å². The highest BCUT2D eigenvalue weighted by atomic mass is 79.9. The van der Waals surface area contributed by atoms with E-state index in [9.17, 15) is 13.2 Å². The van der Waals surface area contributed by atoms with E-state index in [0.717, 1.165) is 31.7 Å². The van der Waals surface area contributed by atoms with Gasteiger partial charge >= 0.3 is 6.18 Å². The molecule has 0 saturated heterocycles. The highest BCUT2D eigenvalue weighted by molar-refractivity contribution is 9.10. The molecule has 1 aliphatic rings. The van der Waals surface area contributed by atoms with Crippen molar-refractivity contribution in [3.8, 4) is 0 Å². The van der Waals surface area contributed by atoms with Crippen LogP contribution in [0.3, 0.4) is 0 Å². The number of rotatable bonds is 3. The van der Waals surface area contributed by atoms with Gasteiger partial charge in [0.1, 0.15) is 0 Å². The van der Waals surface area contributed by atoms with Crippen molar-refractivity contribution in [2.45, 2.75) is 37.9 Å². The van der Waals surface area contributed by atoms with E-state index in [1.807, 2.05) is 0 Å². The quantitative estimate of drug-likeness (QED) is 0.847. The van der Waals surface area contributed by atoms with Crippen LogP contribution in [0.5, 0.6) is 0 Å². The molecule has 3 N–H and O–H groups in total. The van der Waals surface area contributed by atoms with E-state index in [4.69, 9.17) is 5.73 Å². The minimum atomic E-state index is -4.36. The second-order valence-corrected chi connectivity index (χ2v) is 6.13. The highest BCUT2D eigenvalue weighted by Gasteiger charge is 2.35. The normalized spacial score (nSPS) is 23.6. The summed E-state index contributed by atoms with van der Waals surface area (Å²) in [6, 6.07) is 4.24. The predicted octanol–water partition coefficient (Wildman–Crippen LogP) is 4.40. The molecule has 1 aliphatic carbocycles. The number of benzene rings is 1. The maximum Gasteiger partial charge on any atom is 0.418 e. The van der Waals surface area contributed by atoms with Gasteiger partial charge in [-0.1, -0.05) is 28.8 Å². The fourth-order valence-corrected chi connectivity index (χ4v) is 3.12. The molecule has 0 aliphatic heterocycles. The van der Waals surface area contributed by atoms with Gasteiger partial charge in [-0.3, -0.25) is 0 Å². The molecular formula is C14H18BrF3N2. The number of nitrogens with one attached hydrogen (secondary N) is 1. The van der Waals surface area contributed by atoms with Gasteiger partial charge in [-0.2, -0.15) is 13.2 Å². The number of hydrogen-bond acceptors (Lipinski definition) is 2. The van der Waals surface area contributed by atoms with Crippen molar-refractivity contribution < 1.29 is 13.2 Å². The third kappa shape index (κ3) is 3.67. The summed E-state index contributed by atoms with van der Waals surface area (Å²) >= 11 is 3.09. The van der Waals surface area contributed by atoms with Crippen molar-refractivity contribution in [3.63, 3.8) is 0 Å². The van der Waals surface area contributed by atoms with E-state index in [2.05, 4.69) is 21.2 Å². The summed E-state index contributed by atoms with van der Waals surface area (Å²) in [6.45, 7) is 0.509. The molecule has 0 heterocycles. The first kappa shape index (κ1) is 15.6. The summed E-state index contributed by atoms with van der Waals surface area (Å²) in [4.78, 5) is 0. The molecular weight excluding hydrogens is 333 g/mol. The Kier molecular flexibility index (Phi) is 4.96. The monoisotopic (exact) mass is 350 g/mol. The summed E-state index contributed by atoms with van der Waals surface area (Å²) < 4.78 is 39.7. The molecule has 1 saturated carbocycles. The molecule has 0 amide bonds. The summed E-state index contributed by atoms with van der Waals surface area (Å²) in [6.07, 6.45) is -0.376. The third-order valence-corrected chi connectivity index (χ3v) is 4.33. The smallest absolute Gasteiger partial charge is 0.381 e. The number of halogens is 4. The van der Waals surface area contributed by atoms with Crippen molar-refractivity contribution in [2.75, 3.05) is 11.9 Å². The molecule has 112 valence electrons. The molecule has 2 unspecified atom stereocenters. The summed E-state index contributed by atoms with van der Waals surface area (Å²) in [7, 11) is 0. The molecule has 20 heavy (non-hydrogen) atoms. The van der Waals surface area contributed by atoms with Gasteiger partial charge in [-0.25, -0.2) is 0 Å². The Hall–Kier alpha value is -0.750. The number of nitrogens with two attached hydrogens (primary N) is 1. The van der Waals surface area contributed by atoms with Crippen LogP contribution in [0.15, 0.2) is 22.7 Å². The lowest BCUT2D eigenvalue weighted by Crippen LogP contribution is -2.37. The Bertz CT molecular complexity index is 462. The Morgan fingerprint density at radius 1 is 1.25 bits per heavy atom. The van der Waals surface area contributed by atoms with Gasteiger partial charge in [0.25, 0.3) is 0 Å². The lowest BCUT2D eigenvalue weighted by Gasteiger charge is -2.33. The van der Waals surface area contributed by atoms with E-state index in [1.165, 1.54) is 6.07 Å². The van der Waals surface area contributed by atoms with Crippen LogP contribution in [0, 0.1) is 5.92 Å². The summed E-state index contributed by atoms with van der Waals surface area (Å²) in [5, 5.41) is 3.06. The third-order valence-electron chi connectivity index (χ3n) is 3.84. The Balaban J connectivity index is 2.24. The van der Waals surface area contributed by atoms with Gasteiger partial charge in [-0.15, -0.1) is 0 Å². The standard InChI is InChI=1S/C14H18BrF3N2/c15-10-5-6-13(11(7-10)14(16,17)18)20-12-4-2-1-3-9(12)8-19/h5-7,9,12,20H,1-4,8,19H2. The van der Waals surface area contributed by atoms with Crippen molar-refractivity contribution in [1.82, 2.24) is 0 Å². The fraction of sp³-hybridized carbons (Fsp3) is 0.571. The van der Waals surface area contributed by atoms with Crippen LogP contribution in [0.1, 0.15) is 31.2 Å². The maximum atomic E-state index is 13.1. The van der Waals surface area contributed by atoms with Crippen molar-refractivity contribution in [3.05, 3.63) is 28.2 Å². The van der Waals surface area contributed by atoms with Crippen molar-refractivity contribution in [1.29, 1.82) is 0 Å². The lowest BCUT2D eigenvalue weighted by atomic mass is 9.84. The fourth-order valence-electron chi connectivity index (χ4n) is 2.76. The molecule has 0 spiro atoms. The van der Waals surface area contributed by atoms with E-state index < -0.39 is 11.7 Å². The Morgan fingerprint density at radius 2 is 1.95 bits per heavy atom. The molecule has 2 nitrogen and oxygen atoms in total. The number of hydrogen-bond donors (Lipinski definition) is 2. The minimum Gasteiger partial charge on any atom is -0.381 e. The summed E-state index contributed by atoms with van der Waals surface area (Å²) in [5.74, 6) is 0.244. The van der Waals surface area contributed by atoms with Crippen LogP contribution in [-0.4, -0.2) is 12.6 Å². The first-order chi connectivity index (χ1) is 9.41. The lowest BCUT2D eigenvalue weighted by molar-refractivity contribution is -0.137. The van der Waals surface area contributed by atoms with Crippen molar-refractivity contribution >= 4 is 21.6 Å². The van der Waals surface area contributed by atoms with Crippen LogP contribution in [0.4, 0.5) is 18.9 Å². The Morgan fingerprint density at radius 3 is 2.60 bits per heavy atom. The predicted molar refractivity (Wildman–Crippen MR) is 77.6 cm³/mol. The number of alkyl halides is 3. The van der Waals surface area contributed by atoms with Crippen LogP contribution in [0.2, 0.25) is 0 Å². The average Bonchev–Trinajstić information content (AvgIpc) is 2.40. The zero-order valence-corrected chi connectivity index (χ0v) is 12.6. The first-order valence-corrected chi connectivity index (χ1v) is 7.54. The first-order valence-electron chi connectivity index (χ1n) is 6.75. The van der Waals surface area contributed by atoms with Crippen LogP contribution >= 0.6 is 15.9 Å². The zero-order valence-electron chi connectivity index (χ0n) is 11.0. The molecule has 2 rings (SSSR count). The molecule has 1 aromatic rings. The van der Waals surface area contributed by atoms with Gasteiger partial charge in [0.05, 0.1) is 5.56 Å². The number of anilines is 1. The highest BCUT2D eigenvalue weighted by Crippen LogP contribution is 2.38. The zero-order chi connectivity index (χ0) is 14.8. The van der Waals surface area contributed by atoms with Crippen LogP contribution in [-0.2, 0) is 6.18 Å². The molecule has 1 fully saturated rings. The minimum absolute atomic E-state index is 0.0241. The molecule has 0 bridgehead atoms. The Labute approximate surface area is 125 Å². The molecule has 6 heteroatoms. The van der Waals surface area contributed by atoms with E-state index >= 15 is 0 Å². The van der Waals surface area contributed by atoms with Gasteiger partial charge < -0.3 is 11.1 Å².